The number of hydrogen-bond donors (Lipinski definition) is 1. The number of nitrogens with one attached hydrogen (secondary N) is 1. The van der Waals surface area contributed by atoms with E-state index in [1.54, 1.807) is 7.11 Å². The van der Waals surface area contributed by atoms with E-state index in [0.717, 1.165) is 19.7 Å². The van der Waals surface area contributed by atoms with E-state index < -0.39 is 0 Å². The predicted octanol–water partition coefficient (Wildman–Crippen LogP) is 1.73. The van der Waals surface area contributed by atoms with Crippen molar-refractivity contribution >= 4 is 0 Å². The van der Waals surface area contributed by atoms with E-state index in [2.05, 4.69) is 24.2 Å². The van der Waals surface area contributed by atoms with Crippen molar-refractivity contribution in [2.45, 2.75) is 32.6 Å². The Labute approximate surface area is 101 Å². The average Bonchev–Trinajstić information content (AvgIpc) is 2.72. The van der Waals surface area contributed by atoms with E-state index in [4.69, 9.17) is 4.74 Å². The van der Waals surface area contributed by atoms with E-state index in [1.165, 1.54) is 38.8 Å². The van der Waals surface area contributed by atoms with Gasteiger partial charge in [0.1, 0.15) is 0 Å². The van der Waals surface area contributed by atoms with Gasteiger partial charge in [-0.3, -0.25) is 0 Å². The van der Waals surface area contributed by atoms with Crippen LogP contribution < -0.4 is 5.32 Å². The zero-order valence-corrected chi connectivity index (χ0v) is 11.2. The van der Waals surface area contributed by atoms with Crippen LogP contribution in [0.3, 0.4) is 0 Å². The van der Waals surface area contributed by atoms with Crippen molar-refractivity contribution in [2.24, 2.45) is 5.41 Å². The highest BCUT2D eigenvalue weighted by molar-refractivity contribution is 4.88. The number of nitrogens with zero attached hydrogens (tertiary/aromatic N) is 1. The van der Waals surface area contributed by atoms with Crippen molar-refractivity contribution in [2.75, 3.05) is 46.9 Å². The molecule has 3 heteroatoms. The molecule has 0 aromatic rings. The molecule has 0 aromatic heterocycles. The summed E-state index contributed by atoms with van der Waals surface area (Å²) in [5, 5.41) is 3.53. The topological polar surface area (TPSA) is 24.5 Å². The molecule has 0 spiro atoms. The first-order chi connectivity index (χ1) is 7.72. The minimum atomic E-state index is 0.526. The highest BCUT2D eigenvalue weighted by Gasteiger charge is 2.34. The Kier molecular flexibility index (Phi) is 6.32. The van der Waals surface area contributed by atoms with Crippen LogP contribution in [0, 0.1) is 5.41 Å². The van der Waals surface area contributed by atoms with Crippen molar-refractivity contribution in [3.05, 3.63) is 0 Å². The largest absolute Gasteiger partial charge is 0.383 e. The van der Waals surface area contributed by atoms with Crippen LogP contribution in [-0.4, -0.2) is 51.8 Å². The van der Waals surface area contributed by atoms with Crippen LogP contribution in [0.25, 0.3) is 0 Å². The second kappa shape index (κ2) is 7.25. The van der Waals surface area contributed by atoms with Crippen molar-refractivity contribution < 1.29 is 4.74 Å². The molecular formula is C13H28N2O. The van der Waals surface area contributed by atoms with Gasteiger partial charge in [-0.2, -0.15) is 0 Å². The predicted molar refractivity (Wildman–Crippen MR) is 68.8 cm³/mol. The fraction of sp³-hybridized carbons (Fsp3) is 1.00. The SMILES string of the molecule is CCNCC1(CN(C)CCOC)CCCC1. The Hall–Kier alpha value is -0.120. The minimum absolute atomic E-state index is 0.526. The summed E-state index contributed by atoms with van der Waals surface area (Å²) in [5.41, 5.74) is 0.526. The van der Waals surface area contributed by atoms with Gasteiger partial charge in [0.2, 0.25) is 0 Å². The van der Waals surface area contributed by atoms with Crippen molar-refractivity contribution in [3.63, 3.8) is 0 Å². The first kappa shape index (κ1) is 13.9. The van der Waals surface area contributed by atoms with Crippen LogP contribution in [0.15, 0.2) is 0 Å². The Morgan fingerprint density at radius 2 is 2.00 bits per heavy atom. The lowest BCUT2D eigenvalue weighted by molar-refractivity contribution is 0.123. The number of methoxy groups -OCH3 is 1. The van der Waals surface area contributed by atoms with E-state index in [9.17, 15) is 0 Å². The molecule has 3 nitrogen and oxygen atoms in total. The molecule has 1 rings (SSSR count). The van der Waals surface area contributed by atoms with Gasteiger partial charge in [0, 0.05) is 26.7 Å². The van der Waals surface area contributed by atoms with Gasteiger partial charge in [-0.05, 0) is 31.8 Å². The van der Waals surface area contributed by atoms with Crippen LogP contribution in [0.1, 0.15) is 32.6 Å². The molecule has 0 heterocycles. The van der Waals surface area contributed by atoms with Crippen molar-refractivity contribution in [3.8, 4) is 0 Å². The highest BCUT2D eigenvalue weighted by Crippen LogP contribution is 2.38. The summed E-state index contributed by atoms with van der Waals surface area (Å²) >= 11 is 0. The fourth-order valence-electron chi connectivity index (χ4n) is 2.80. The molecule has 0 aliphatic heterocycles. The summed E-state index contributed by atoms with van der Waals surface area (Å²) < 4.78 is 5.13. The van der Waals surface area contributed by atoms with Gasteiger partial charge in [-0.1, -0.05) is 19.8 Å². The van der Waals surface area contributed by atoms with Crippen LogP contribution in [-0.2, 0) is 4.74 Å². The lowest BCUT2D eigenvalue weighted by Crippen LogP contribution is -2.42. The summed E-state index contributed by atoms with van der Waals surface area (Å²) in [6, 6.07) is 0. The molecule has 0 unspecified atom stereocenters. The van der Waals surface area contributed by atoms with Crippen LogP contribution in [0.4, 0.5) is 0 Å². The standard InChI is InChI=1S/C13H28N2O/c1-4-14-11-13(7-5-6-8-13)12-15(2)9-10-16-3/h14H,4-12H2,1-3H3. The summed E-state index contributed by atoms with van der Waals surface area (Å²) in [6.45, 7) is 7.56. The minimum Gasteiger partial charge on any atom is -0.383 e. The quantitative estimate of drug-likeness (QED) is 0.685. The zero-order valence-electron chi connectivity index (χ0n) is 11.2. The molecule has 96 valence electrons. The molecule has 0 aromatic carbocycles. The molecule has 1 aliphatic carbocycles. The van der Waals surface area contributed by atoms with Crippen LogP contribution >= 0.6 is 0 Å². The third kappa shape index (κ3) is 4.40. The monoisotopic (exact) mass is 228 g/mol. The van der Waals surface area contributed by atoms with Crippen molar-refractivity contribution in [1.82, 2.24) is 10.2 Å². The Morgan fingerprint density at radius 3 is 2.56 bits per heavy atom. The van der Waals surface area contributed by atoms with E-state index in [-0.39, 0.29) is 0 Å². The number of hydrogen-bond acceptors (Lipinski definition) is 3. The summed E-state index contributed by atoms with van der Waals surface area (Å²) in [7, 11) is 3.99. The first-order valence-corrected chi connectivity index (χ1v) is 6.61. The van der Waals surface area contributed by atoms with Crippen LogP contribution in [0.2, 0.25) is 0 Å². The smallest absolute Gasteiger partial charge is 0.0589 e. The van der Waals surface area contributed by atoms with Crippen molar-refractivity contribution in [1.29, 1.82) is 0 Å². The zero-order chi connectivity index (χ0) is 11.9. The lowest BCUT2D eigenvalue weighted by Gasteiger charge is -2.33. The fourth-order valence-corrected chi connectivity index (χ4v) is 2.80. The molecule has 0 bridgehead atoms. The third-order valence-corrected chi connectivity index (χ3v) is 3.70. The molecule has 0 radical (unpaired) electrons. The molecule has 1 N–H and O–H groups in total. The van der Waals surface area contributed by atoms with Gasteiger partial charge < -0.3 is 15.0 Å². The lowest BCUT2D eigenvalue weighted by atomic mass is 9.85. The number of ether oxygens (including phenoxy) is 1. The van der Waals surface area contributed by atoms with Gasteiger partial charge in [0.15, 0.2) is 0 Å². The third-order valence-electron chi connectivity index (χ3n) is 3.70. The second-order valence-corrected chi connectivity index (χ2v) is 5.22. The maximum atomic E-state index is 5.13. The first-order valence-electron chi connectivity index (χ1n) is 6.61. The van der Waals surface area contributed by atoms with Gasteiger partial charge in [-0.15, -0.1) is 0 Å². The summed E-state index contributed by atoms with van der Waals surface area (Å²) in [5.74, 6) is 0. The maximum absolute atomic E-state index is 5.13. The molecule has 0 atom stereocenters. The van der Waals surface area contributed by atoms with Crippen LogP contribution in [0.5, 0.6) is 0 Å². The molecule has 1 saturated carbocycles. The van der Waals surface area contributed by atoms with Gasteiger partial charge >= 0.3 is 0 Å². The van der Waals surface area contributed by atoms with E-state index in [0.29, 0.717) is 5.41 Å². The Morgan fingerprint density at radius 1 is 1.31 bits per heavy atom. The molecule has 0 saturated heterocycles. The number of likely N-dealkylation sites (N-methyl/N-ethyl adjacent to an activating group) is 1. The normalized spacial score (nSPS) is 19.5. The average molecular weight is 228 g/mol. The summed E-state index contributed by atoms with van der Waals surface area (Å²) in [6.07, 6.45) is 5.58. The van der Waals surface area contributed by atoms with Gasteiger partial charge in [0.25, 0.3) is 0 Å². The van der Waals surface area contributed by atoms with Gasteiger partial charge in [-0.25, -0.2) is 0 Å². The molecule has 16 heavy (non-hydrogen) atoms. The second-order valence-electron chi connectivity index (χ2n) is 5.22. The summed E-state index contributed by atoms with van der Waals surface area (Å²) in [4.78, 5) is 2.42. The molecule has 1 aliphatic rings. The molecule has 0 amide bonds. The highest BCUT2D eigenvalue weighted by atomic mass is 16.5. The molecule has 1 fully saturated rings. The Bertz CT molecular complexity index is 179. The maximum Gasteiger partial charge on any atom is 0.0589 e. The van der Waals surface area contributed by atoms with Gasteiger partial charge in [0.05, 0.1) is 6.61 Å². The van der Waals surface area contributed by atoms with E-state index in [1.807, 2.05) is 0 Å². The van der Waals surface area contributed by atoms with E-state index >= 15 is 0 Å². The molecular weight excluding hydrogens is 200 g/mol. The number of rotatable bonds is 8. The Balaban J connectivity index is 2.37.